The van der Waals surface area contributed by atoms with Crippen LogP contribution in [-0.2, 0) is 18.9 Å². The minimum absolute atomic E-state index is 0.0294. The summed E-state index contributed by atoms with van der Waals surface area (Å²) in [5, 5.41) is 16.0. The Morgan fingerprint density at radius 1 is 1.24 bits per heavy atom. The molecule has 0 heterocycles. The van der Waals surface area contributed by atoms with Crippen LogP contribution in [-0.4, -0.2) is 34.8 Å². The molecule has 1 aliphatic rings. The van der Waals surface area contributed by atoms with Gasteiger partial charge in [-0.25, -0.2) is 10.1 Å². The Hall–Kier alpha value is -0.480. The number of hydrogen-bond acceptors (Lipinski definition) is 7. The van der Waals surface area contributed by atoms with Crippen molar-refractivity contribution >= 4 is 18.0 Å². The zero-order chi connectivity index (χ0) is 15.8. The second kappa shape index (κ2) is 8.84. The molecule has 0 amide bonds. The minimum atomic E-state index is -3.96. The zero-order valence-electron chi connectivity index (χ0n) is 11.6. The van der Waals surface area contributed by atoms with Crippen LogP contribution in [0.25, 0.3) is 0 Å². The van der Waals surface area contributed by atoms with E-state index >= 15 is 0 Å². The molecule has 1 saturated carbocycles. The van der Waals surface area contributed by atoms with Gasteiger partial charge in [0, 0.05) is 6.61 Å². The van der Waals surface area contributed by atoms with Gasteiger partial charge >= 0.3 is 11.2 Å². The Kier molecular flexibility index (Phi) is 7.82. The quantitative estimate of drug-likeness (QED) is 0.291. The van der Waals surface area contributed by atoms with Crippen molar-refractivity contribution in [3.05, 3.63) is 0 Å². The Bertz CT molecular complexity index is 317. The van der Waals surface area contributed by atoms with Gasteiger partial charge < -0.3 is 9.84 Å². The van der Waals surface area contributed by atoms with Gasteiger partial charge in [-0.15, -0.1) is 4.33 Å². The lowest BCUT2D eigenvalue weighted by Crippen LogP contribution is -2.31. The van der Waals surface area contributed by atoms with Crippen LogP contribution in [0.3, 0.4) is 0 Å². The third-order valence-electron chi connectivity index (χ3n) is 3.83. The van der Waals surface area contributed by atoms with Crippen LogP contribution in [0.2, 0.25) is 0 Å². The molecule has 1 rings (SSSR count). The largest absolute Gasteiger partial charge is 0.460 e. The summed E-state index contributed by atoms with van der Waals surface area (Å²) in [7, 11) is 0. The van der Waals surface area contributed by atoms with Gasteiger partial charge in [0.2, 0.25) is 0 Å². The third kappa shape index (κ3) is 6.03. The summed E-state index contributed by atoms with van der Waals surface area (Å²) >= 11 is -0.638. The summed E-state index contributed by atoms with van der Waals surface area (Å²) in [5.41, 5.74) is -0.138. The summed E-state index contributed by atoms with van der Waals surface area (Å²) < 4.78 is 34.4. The lowest BCUT2D eigenvalue weighted by molar-refractivity contribution is -0.433. The van der Waals surface area contributed by atoms with Crippen LogP contribution in [0.5, 0.6) is 0 Å². The molecule has 6 nitrogen and oxygen atoms in total. The highest BCUT2D eigenvalue weighted by Crippen LogP contribution is 2.42. The predicted molar refractivity (Wildman–Crippen MR) is 70.1 cm³/mol. The number of rotatable bonds is 9. The van der Waals surface area contributed by atoms with E-state index in [1.807, 2.05) is 0 Å². The van der Waals surface area contributed by atoms with Crippen LogP contribution in [0.15, 0.2) is 0 Å². The number of ether oxygens (including phenoxy) is 1. The van der Waals surface area contributed by atoms with Gasteiger partial charge in [0.05, 0.1) is 6.61 Å². The second-order valence-corrected chi connectivity index (χ2v) is 5.98. The van der Waals surface area contributed by atoms with Gasteiger partial charge in [0.1, 0.15) is 12.0 Å². The molecule has 0 unspecified atom stereocenters. The van der Waals surface area contributed by atoms with Crippen molar-refractivity contribution in [1.29, 1.82) is 0 Å². The smallest absolute Gasteiger partial charge is 0.415 e. The van der Waals surface area contributed by atoms with Crippen molar-refractivity contribution in [2.45, 2.75) is 50.2 Å². The van der Waals surface area contributed by atoms with Crippen molar-refractivity contribution in [2.24, 2.45) is 5.41 Å². The van der Waals surface area contributed by atoms with Crippen LogP contribution < -0.4 is 0 Å². The zero-order valence-corrected chi connectivity index (χ0v) is 12.4. The molecule has 0 radical (unpaired) electrons. The number of aliphatic hydroxyl groups excluding tert-OH is 1. The molecule has 0 atom stereocenters. The van der Waals surface area contributed by atoms with E-state index in [9.17, 15) is 13.6 Å². The monoisotopic (exact) mass is 330 g/mol. The fourth-order valence-electron chi connectivity index (χ4n) is 2.70. The summed E-state index contributed by atoms with van der Waals surface area (Å²) in [6.45, 7) is -0.114. The molecule has 2 N–H and O–H groups in total. The van der Waals surface area contributed by atoms with E-state index in [-0.39, 0.29) is 18.6 Å². The number of alkyl halides is 2. The second-order valence-electron chi connectivity index (χ2n) is 5.16. The van der Waals surface area contributed by atoms with E-state index in [1.165, 1.54) is 0 Å². The lowest BCUT2D eigenvalue weighted by Gasteiger charge is -2.37. The Labute approximate surface area is 125 Å². The van der Waals surface area contributed by atoms with E-state index in [1.54, 1.807) is 0 Å². The SMILES string of the molecule is O=C(OCCC1(CCO)CCCCC1)C(F)(F)SOOO. The van der Waals surface area contributed by atoms with Gasteiger partial charge in [0.15, 0.2) is 0 Å². The van der Waals surface area contributed by atoms with Crippen molar-refractivity contribution in [3.8, 4) is 0 Å². The molecular formula is C12H20F2O6S. The first-order valence-corrected chi connectivity index (χ1v) is 7.52. The number of hydrogen-bond donors (Lipinski definition) is 2. The van der Waals surface area contributed by atoms with Gasteiger partial charge in [0.25, 0.3) is 0 Å². The van der Waals surface area contributed by atoms with Crippen LogP contribution in [0, 0.1) is 5.41 Å². The summed E-state index contributed by atoms with van der Waals surface area (Å²) in [5.74, 6) is -1.75. The Morgan fingerprint density at radius 3 is 2.48 bits per heavy atom. The molecular weight excluding hydrogens is 310 g/mol. The molecule has 9 heteroatoms. The first-order chi connectivity index (χ1) is 9.96. The Morgan fingerprint density at radius 2 is 1.90 bits per heavy atom. The number of carbonyl (C=O) groups is 1. The topological polar surface area (TPSA) is 85.2 Å². The normalized spacial score (nSPS) is 18.5. The lowest BCUT2D eigenvalue weighted by atomic mass is 9.70. The van der Waals surface area contributed by atoms with E-state index in [0.29, 0.717) is 12.8 Å². The summed E-state index contributed by atoms with van der Waals surface area (Å²) in [6, 6.07) is 0. The fourth-order valence-corrected chi connectivity index (χ4v) is 2.94. The molecule has 0 spiro atoms. The molecule has 0 bridgehead atoms. The number of esters is 1. The predicted octanol–water partition coefficient (Wildman–Crippen LogP) is 2.91. The Balaban J connectivity index is 2.41. The third-order valence-corrected chi connectivity index (χ3v) is 4.33. The number of halogens is 2. The van der Waals surface area contributed by atoms with Crippen LogP contribution in [0.4, 0.5) is 8.78 Å². The molecule has 0 aromatic carbocycles. The highest BCUT2D eigenvalue weighted by molar-refractivity contribution is 7.96. The standard InChI is InChI=1S/C12H20F2O6S/c13-12(14,21-20-19-17)10(16)18-9-7-11(6-8-15)4-2-1-3-5-11/h15,17H,1-9H2. The average molecular weight is 330 g/mol. The molecule has 1 aliphatic carbocycles. The molecule has 21 heavy (non-hydrogen) atoms. The van der Waals surface area contributed by atoms with Crippen molar-refractivity contribution in [3.63, 3.8) is 0 Å². The maximum absolute atomic E-state index is 13.1. The minimum Gasteiger partial charge on any atom is -0.460 e. The van der Waals surface area contributed by atoms with E-state index in [2.05, 4.69) is 14.1 Å². The number of aliphatic hydroxyl groups is 1. The van der Waals surface area contributed by atoms with E-state index in [4.69, 9.17) is 10.4 Å². The fraction of sp³-hybridized carbons (Fsp3) is 0.917. The molecule has 0 aromatic heterocycles. The molecule has 0 saturated heterocycles. The molecule has 124 valence electrons. The van der Waals surface area contributed by atoms with Crippen LogP contribution >= 0.6 is 12.0 Å². The first-order valence-electron chi connectivity index (χ1n) is 6.78. The maximum Gasteiger partial charge on any atom is 0.415 e. The highest BCUT2D eigenvalue weighted by atomic mass is 32.2. The van der Waals surface area contributed by atoms with Crippen molar-refractivity contribution in [1.82, 2.24) is 0 Å². The first kappa shape index (κ1) is 18.6. The highest BCUT2D eigenvalue weighted by Gasteiger charge is 2.44. The molecule has 1 fully saturated rings. The number of carbonyl (C=O) groups excluding carboxylic acids is 1. The van der Waals surface area contributed by atoms with Crippen molar-refractivity contribution < 1.29 is 38.0 Å². The van der Waals surface area contributed by atoms with Gasteiger partial charge in [-0.1, -0.05) is 24.3 Å². The van der Waals surface area contributed by atoms with Crippen molar-refractivity contribution in [2.75, 3.05) is 13.2 Å². The summed E-state index contributed by atoms with van der Waals surface area (Å²) in [4.78, 5) is 11.2. The van der Waals surface area contributed by atoms with E-state index < -0.39 is 23.3 Å². The van der Waals surface area contributed by atoms with E-state index in [0.717, 1.165) is 32.1 Å². The molecule has 0 aliphatic heterocycles. The maximum atomic E-state index is 13.1. The summed E-state index contributed by atoms with van der Waals surface area (Å²) in [6.07, 6.45) is 6.01. The van der Waals surface area contributed by atoms with Gasteiger partial charge in [-0.05, 0) is 31.1 Å². The van der Waals surface area contributed by atoms with Gasteiger partial charge in [-0.3, -0.25) is 0 Å². The molecule has 0 aromatic rings. The van der Waals surface area contributed by atoms with Crippen LogP contribution in [0.1, 0.15) is 44.9 Å². The van der Waals surface area contributed by atoms with Gasteiger partial charge in [-0.2, -0.15) is 8.78 Å². The average Bonchev–Trinajstić information content (AvgIpc) is 2.46.